The van der Waals surface area contributed by atoms with Gasteiger partial charge in [0.15, 0.2) is 0 Å². The Bertz CT molecular complexity index is 696. The molecular weight excluding hydrogens is 438 g/mol. The molecule has 1 saturated heterocycles. The fraction of sp³-hybridized carbons (Fsp3) is 0.682. The van der Waals surface area contributed by atoms with E-state index in [2.05, 4.69) is 21.9 Å². The number of benzene rings is 1. The molecule has 1 fully saturated rings. The second kappa shape index (κ2) is 11.4. The molecule has 2 atom stereocenters. The van der Waals surface area contributed by atoms with Crippen molar-refractivity contribution in [2.24, 2.45) is 0 Å². The van der Waals surface area contributed by atoms with Crippen molar-refractivity contribution in [3.63, 3.8) is 0 Å². The predicted octanol–water partition coefficient (Wildman–Crippen LogP) is 5.64. The largest absolute Gasteiger partial charge is 0.462 e. The topological polar surface area (TPSA) is 41.6 Å². The van der Waals surface area contributed by atoms with Crippen LogP contribution in [0, 0.1) is 0 Å². The molecule has 32 heavy (non-hydrogen) atoms. The molecule has 0 aromatic heterocycles. The van der Waals surface area contributed by atoms with E-state index in [9.17, 15) is 31.1 Å². The molecule has 1 aromatic rings. The summed E-state index contributed by atoms with van der Waals surface area (Å²) >= 11 is 0. The molecule has 2 unspecified atom stereocenters. The van der Waals surface area contributed by atoms with Crippen LogP contribution >= 0.6 is 0 Å². The van der Waals surface area contributed by atoms with Gasteiger partial charge in [0.2, 0.25) is 0 Å². The summed E-state index contributed by atoms with van der Waals surface area (Å²) in [6.07, 6.45) is -7.01. The fourth-order valence-corrected chi connectivity index (χ4v) is 3.36. The van der Waals surface area contributed by atoms with Gasteiger partial charge in [-0.15, -0.1) is 0 Å². The van der Waals surface area contributed by atoms with Gasteiger partial charge in [-0.3, -0.25) is 4.79 Å². The van der Waals surface area contributed by atoms with E-state index in [1.807, 2.05) is 27.8 Å². The van der Waals surface area contributed by atoms with E-state index in [0.717, 1.165) is 37.9 Å². The Balaban J connectivity index is 0.000000633. The zero-order chi connectivity index (χ0) is 24.7. The number of carbonyl (C=O) groups is 1. The SMILES string of the molecule is CC(C)(C)OC=O.CCC1CC(NCc2cc(C(F)(F)F)cc(C(F)(F)F)c2)CCN1C. The summed E-state index contributed by atoms with van der Waals surface area (Å²) in [6.45, 7) is 8.82. The Morgan fingerprint density at radius 2 is 1.59 bits per heavy atom. The van der Waals surface area contributed by atoms with Crippen molar-refractivity contribution in [3.05, 3.63) is 34.9 Å². The third-order valence-electron chi connectivity index (χ3n) is 5.13. The van der Waals surface area contributed by atoms with Crippen molar-refractivity contribution in [2.45, 2.75) is 83.5 Å². The first-order valence-corrected chi connectivity index (χ1v) is 10.4. The highest BCUT2D eigenvalue weighted by atomic mass is 19.4. The lowest BCUT2D eigenvalue weighted by Crippen LogP contribution is -2.46. The van der Waals surface area contributed by atoms with Crippen LogP contribution in [0.15, 0.2) is 18.2 Å². The summed E-state index contributed by atoms with van der Waals surface area (Å²) in [7, 11) is 2.02. The van der Waals surface area contributed by atoms with Crippen LogP contribution in [0.2, 0.25) is 0 Å². The molecule has 4 nitrogen and oxygen atoms in total. The Hall–Kier alpha value is -1.81. The normalized spacial score (nSPS) is 20.3. The van der Waals surface area contributed by atoms with E-state index in [-0.39, 0.29) is 29.8 Å². The highest BCUT2D eigenvalue weighted by Crippen LogP contribution is 2.36. The smallest absolute Gasteiger partial charge is 0.416 e. The molecule has 0 aliphatic carbocycles. The van der Waals surface area contributed by atoms with Crippen LogP contribution in [0.5, 0.6) is 0 Å². The minimum atomic E-state index is -4.81. The lowest BCUT2D eigenvalue weighted by molar-refractivity contribution is -0.143. The summed E-state index contributed by atoms with van der Waals surface area (Å²) in [5, 5.41) is 3.12. The van der Waals surface area contributed by atoms with Gasteiger partial charge in [-0.2, -0.15) is 26.3 Å². The maximum Gasteiger partial charge on any atom is 0.416 e. The van der Waals surface area contributed by atoms with Gasteiger partial charge in [-0.05, 0) is 77.4 Å². The summed E-state index contributed by atoms with van der Waals surface area (Å²) in [4.78, 5) is 11.8. The molecule has 184 valence electrons. The molecule has 0 spiro atoms. The molecule has 1 aromatic carbocycles. The van der Waals surface area contributed by atoms with Crippen molar-refractivity contribution < 1.29 is 35.9 Å². The maximum atomic E-state index is 12.9. The quantitative estimate of drug-likeness (QED) is 0.447. The van der Waals surface area contributed by atoms with Gasteiger partial charge in [-0.1, -0.05) is 6.92 Å². The van der Waals surface area contributed by atoms with Crippen LogP contribution in [-0.4, -0.2) is 42.6 Å². The molecule has 0 amide bonds. The average molecular weight is 470 g/mol. The van der Waals surface area contributed by atoms with Crippen molar-refractivity contribution in [1.29, 1.82) is 0 Å². The van der Waals surface area contributed by atoms with Gasteiger partial charge in [0.1, 0.15) is 5.60 Å². The Kier molecular flexibility index (Phi) is 10.0. The number of rotatable bonds is 5. The van der Waals surface area contributed by atoms with Gasteiger partial charge in [0, 0.05) is 18.6 Å². The number of piperidine rings is 1. The van der Waals surface area contributed by atoms with E-state index >= 15 is 0 Å². The predicted molar refractivity (Wildman–Crippen MR) is 110 cm³/mol. The number of nitrogens with one attached hydrogen (secondary N) is 1. The van der Waals surface area contributed by atoms with Gasteiger partial charge < -0.3 is 15.0 Å². The van der Waals surface area contributed by atoms with Crippen LogP contribution in [-0.2, 0) is 28.4 Å². The summed E-state index contributed by atoms with van der Waals surface area (Å²) in [5.74, 6) is 0. The minimum absolute atomic E-state index is 0.00544. The number of carbonyl (C=O) groups excluding carboxylic acids is 1. The molecule has 10 heteroatoms. The molecule has 1 aliphatic rings. The average Bonchev–Trinajstić information content (AvgIpc) is 2.65. The first-order chi connectivity index (χ1) is 14.6. The molecule has 0 saturated carbocycles. The summed E-state index contributed by atoms with van der Waals surface area (Å²) < 4.78 is 81.8. The first-order valence-electron chi connectivity index (χ1n) is 10.4. The van der Waals surface area contributed by atoms with Gasteiger partial charge in [-0.25, -0.2) is 0 Å². The minimum Gasteiger partial charge on any atom is -0.462 e. The van der Waals surface area contributed by atoms with Crippen molar-refractivity contribution in [2.75, 3.05) is 13.6 Å². The Morgan fingerprint density at radius 1 is 1.06 bits per heavy atom. The van der Waals surface area contributed by atoms with Gasteiger partial charge in [0.05, 0.1) is 11.1 Å². The zero-order valence-electron chi connectivity index (χ0n) is 19.0. The number of likely N-dealkylation sites (tertiary alicyclic amines) is 1. The molecule has 2 rings (SSSR count). The van der Waals surface area contributed by atoms with Gasteiger partial charge >= 0.3 is 12.4 Å². The van der Waals surface area contributed by atoms with Crippen molar-refractivity contribution in [1.82, 2.24) is 10.2 Å². The lowest BCUT2D eigenvalue weighted by Gasteiger charge is -2.37. The molecule has 0 radical (unpaired) electrons. The van der Waals surface area contributed by atoms with Crippen molar-refractivity contribution in [3.8, 4) is 0 Å². The number of hydrogen-bond donors (Lipinski definition) is 1. The van der Waals surface area contributed by atoms with Crippen LogP contribution < -0.4 is 5.32 Å². The van der Waals surface area contributed by atoms with Crippen LogP contribution in [0.25, 0.3) is 0 Å². The first kappa shape index (κ1) is 28.2. The monoisotopic (exact) mass is 470 g/mol. The second-order valence-corrected chi connectivity index (χ2v) is 8.89. The maximum absolute atomic E-state index is 12.9. The molecule has 1 N–H and O–H groups in total. The van der Waals surface area contributed by atoms with E-state index in [0.29, 0.717) is 12.5 Å². The molecule has 1 heterocycles. The summed E-state index contributed by atoms with van der Waals surface area (Å²) in [6, 6.07) is 2.19. The second-order valence-electron chi connectivity index (χ2n) is 8.89. The third-order valence-corrected chi connectivity index (χ3v) is 5.13. The Labute approximate surface area is 185 Å². The van der Waals surface area contributed by atoms with E-state index in [4.69, 9.17) is 0 Å². The van der Waals surface area contributed by atoms with Gasteiger partial charge in [0.25, 0.3) is 6.47 Å². The van der Waals surface area contributed by atoms with Crippen molar-refractivity contribution >= 4 is 6.47 Å². The highest BCUT2D eigenvalue weighted by molar-refractivity contribution is 5.37. The van der Waals surface area contributed by atoms with E-state index in [1.165, 1.54) is 0 Å². The summed E-state index contributed by atoms with van der Waals surface area (Å²) in [5.41, 5.74) is -2.86. The van der Waals surface area contributed by atoms with Crippen LogP contribution in [0.3, 0.4) is 0 Å². The molecule has 0 bridgehead atoms. The highest BCUT2D eigenvalue weighted by Gasteiger charge is 2.37. The van der Waals surface area contributed by atoms with E-state index in [1.54, 1.807) is 0 Å². The lowest BCUT2D eigenvalue weighted by atomic mass is 9.95. The molecular formula is C22H32F6N2O2. The zero-order valence-corrected chi connectivity index (χ0v) is 19.0. The standard InChI is InChI=1S/C17H22F6N2.C5H10O2/c1-3-15-9-14(4-5-25(15)2)24-10-11-6-12(16(18,19)20)8-13(7-11)17(21,22)23;1-5(2,3)7-4-6/h6-8,14-15,24H,3-5,9-10H2,1-2H3;4H,1-3H3. The fourth-order valence-electron chi connectivity index (χ4n) is 3.36. The number of halogens is 6. The number of ether oxygens (including phenoxy) is 1. The number of alkyl halides is 6. The Morgan fingerprint density at radius 3 is 1.97 bits per heavy atom. The number of hydrogen-bond acceptors (Lipinski definition) is 4. The third kappa shape index (κ3) is 9.77. The number of nitrogens with zero attached hydrogens (tertiary/aromatic N) is 1. The van der Waals surface area contributed by atoms with Crippen LogP contribution in [0.4, 0.5) is 26.3 Å². The van der Waals surface area contributed by atoms with E-state index < -0.39 is 23.5 Å². The van der Waals surface area contributed by atoms with Crippen LogP contribution in [0.1, 0.15) is 63.6 Å². The molecule has 1 aliphatic heterocycles.